The number of aryl methyl sites for hydroxylation is 2. The third-order valence-corrected chi connectivity index (χ3v) is 5.60. The number of nitrogens with zero attached hydrogens (tertiary/aromatic N) is 5. The van der Waals surface area contributed by atoms with Crippen LogP contribution in [0.1, 0.15) is 18.1 Å². The minimum atomic E-state index is 0.455. The predicted molar refractivity (Wildman–Crippen MR) is 117 cm³/mol. The van der Waals surface area contributed by atoms with Crippen molar-refractivity contribution in [1.82, 2.24) is 24.7 Å². The highest BCUT2D eigenvalue weighted by molar-refractivity contribution is 5.85. The van der Waals surface area contributed by atoms with Crippen molar-refractivity contribution < 1.29 is 0 Å². The Kier molecular flexibility index (Phi) is 4.32. The van der Waals surface area contributed by atoms with Gasteiger partial charge in [0.05, 0.1) is 6.20 Å². The lowest BCUT2D eigenvalue weighted by atomic mass is 10.1. The Hall–Kier alpha value is -3.19. The number of imidazole rings is 1. The average Bonchev–Trinajstić information content (AvgIpc) is 3.21. The smallest absolute Gasteiger partial charge is 0.166 e. The summed E-state index contributed by atoms with van der Waals surface area (Å²) < 4.78 is 2.02. The molecule has 5 rings (SSSR count). The van der Waals surface area contributed by atoms with Gasteiger partial charge in [0.15, 0.2) is 11.5 Å². The summed E-state index contributed by atoms with van der Waals surface area (Å²) in [6.07, 6.45) is 3.65. The summed E-state index contributed by atoms with van der Waals surface area (Å²) in [6, 6.07) is 10.9. The van der Waals surface area contributed by atoms with E-state index in [-0.39, 0.29) is 0 Å². The molecule has 1 fully saturated rings. The van der Waals surface area contributed by atoms with Gasteiger partial charge >= 0.3 is 0 Å². The Balaban J connectivity index is 1.60. The number of rotatable bonds is 3. The molecule has 1 aliphatic rings. The summed E-state index contributed by atoms with van der Waals surface area (Å²) in [7, 11) is 0. The molecule has 1 unspecified atom stereocenters. The average molecular weight is 387 g/mol. The van der Waals surface area contributed by atoms with E-state index in [1.54, 1.807) is 0 Å². The maximum absolute atomic E-state index is 4.95. The van der Waals surface area contributed by atoms with Crippen LogP contribution in [0.5, 0.6) is 0 Å². The van der Waals surface area contributed by atoms with Crippen molar-refractivity contribution in [2.24, 2.45) is 0 Å². The summed E-state index contributed by atoms with van der Waals surface area (Å²) >= 11 is 0. The molecule has 0 saturated carbocycles. The molecule has 0 bridgehead atoms. The topological polar surface area (TPSA) is 70.4 Å². The monoisotopic (exact) mass is 387 g/mol. The molecular weight excluding hydrogens is 362 g/mol. The normalized spacial score (nSPS) is 17.2. The molecule has 1 aliphatic heterocycles. The number of anilines is 3. The highest BCUT2D eigenvalue weighted by Crippen LogP contribution is 2.28. The van der Waals surface area contributed by atoms with Crippen LogP contribution in [0.2, 0.25) is 0 Å². The van der Waals surface area contributed by atoms with Crippen molar-refractivity contribution in [3.63, 3.8) is 0 Å². The van der Waals surface area contributed by atoms with Gasteiger partial charge in [0.1, 0.15) is 23.2 Å². The molecule has 4 aromatic rings. The Morgan fingerprint density at radius 3 is 2.72 bits per heavy atom. The van der Waals surface area contributed by atoms with Crippen LogP contribution in [0.3, 0.4) is 0 Å². The highest BCUT2D eigenvalue weighted by Gasteiger charge is 2.18. The van der Waals surface area contributed by atoms with Crippen LogP contribution in [0.15, 0.2) is 42.9 Å². The molecule has 1 saturated heterocycles. The van der Waals surface area contributed by atoms with Crippen molar-refractivity contribution in [3.05, 3.63) is 54.0 Å². The zero-order valence-corrected chi connectivity index (χ0v) is 17.0. The molecule has 0 spiro atoms. The molecule has 7 heteroatoms. The fourth-order valence-corrected chi connectivity index (χ4v) is 4.05. The van der Waals surface area contributed by atoms with Gasteiger partial charge in [-0.15, -0.1) is 0 Å². The van der Waals surface area contributed by atoms with Crippen LogP contribution in [-0.4, -0.2) is 45.0 Å². The fourth-order valence-electron chi connectivity index (χ4n) is 4.05. The number of piperazine rings is 1. The van der Waals surface area contributed by atoms with Crippen LogP contribution in [0.25, 0.3) is 16.7 Å². The van der Waals surface area contributed by atoms with Gasteiger partial charge in [-0.2, -0.15) is 0 Å². The van der Waals surface area contributed by atoms with Gasteiger partial charge in [0, 0.05) is 31.4 Å². The number of nitrogens with one attached hydrogen (secondary N) is 2. The zero-order valence-electron chi connectivity index (χ0n) is 17.0. The van der Waals surface area contributed by atoms with E-state index in [1.807, 2.05) is 16.9 Å². The van der Waals surface area contributed by atoms with Crippen LogP contribution >= 0.6 is 0 Å². The first-order valence-electron chi connectivity index (χ1n) is 10.0. The van der Waals surface area contributed by atoms with Gasteiger partial charge in [-0.25, -0.2) is 15.0 Å². The number of para-hydroxylation sites is 1. The molecule has 0 aliphatic carbocycles. The Morgan fingerprint density at radius 2 is 1.93 bits per heavy atom. The molecule has 1 aromatic carbocycles. The molecule has 29 heavy (non-hydrogen) atoms. The van der Waals surface area contributed by atoms with Crippen molar-refractivity contribution in [3.8, 4) is 0 Å². The van der Waals surface area contributed by atoms with E-state index < -0.39 is 0 Å². The second-order valence-corrected chi connectivity index (χ2v) is 7.81. The standard InChI is InChI=1S/C22H25N7/c1-14-5-4-6-15(2)20(14)27-21-18-11-23-13-29(18)22-17(25-21)7-8-19(26-22)28-10-9-24-16(3)12-28/h4-8,11,13,16,24H,9-10,12H2,1-3H3,(H,25,27). The number of aromatic nitrogens is 4. The van der Waals surface area contributed by atoms with Crippen LogP contribution in [-0.2, 0) is 0 Å². The minimum absolute atomic E-state index is 0.455. The summed E-state index contributed by atoms with van der Waals surface area (Å²) in [4.78, 5) is 16.5. The highest BCUT2D eigenvalue weighted by atomic mass is 15.3. The van der Waals surface area contributed by atoms with E-state index in [2.05, 4.69) is 71.6 Å². The maximum atomic E-state index is 4.95. The molecule has 4 heterocycles. The summed E-state index contributed by atoms with van der Waals surface area (Å²) in [5.41, 5.74) is 6.04. The first-order valence-corrected chi connectivity index (χ1v) is 10.0. The quantitative estimate of drug-likeness (QED) is 0.561. The van der Waals surface area contributed by atoms with E-state index in [9.17, 15) is 0 Å². The number of pyridine rings is 1. The fraction of sp³-hybridized carbons (Fsp3) is 0.318. The number of hydrogen-bond donors (Lipinski definition) is 2. The molecule has 0 radical (unpaired) electrons. The van der Waals surface area contributed by atoms with E-state index in [0.717, 1.165) is 53.6 Å². The Labute approximate surface area is 169 Å². The van der Waals surface area contributed by atoms with E-state index in [0.29, 0.717) is 6.04 Å². The number of hydrogen-bond acceptors (Lipinski definition) is 6. The summed E-state index contributed by atoms with van der Waals surface area (Å²) in [6.45, 7) is 9.28. The molecule has 7 nitrogen and oxygen atoms in total. The van der Waals surface area contributed by atoms with E-state index >= 15 is 0 Å². The first kappa shape index (κ1) is 17.9. The molecular formula is C22H25N7. The van der Waals surface area contributed by atoms with Crippen molar-refractivity contribution in [2.45, 2.75) is 26.8 Å². The third-order valence-electron chi connectivity index (χ3n) is 5.60. The first-order chi connectivity index (χ1) is 14.1. The SMILES string of the molecule is Cc1cccc(C)c1Nc1nc2ccc(N3CCNC(C)C3)nc2n2cncc12. The Morgan fingerprint density at radius 1 is 1.10 bits per heavy atom. The van der Waals surface area contributed by atoms with Crippen LogP contribution in [0.4, 0.5) is 17.3 Å². The van der Waals surface area contributed by atoms with Gasteiger partial charge in [-0.3, -0.25) is 4.40 Å². The molecule has 148 valence electrons. The van der Waals surface area contributed by atoms with E-state index in [1.165, 1.54) is 11.1 Å². The van der Waals surface area contributed by atoms with E-state index in [4.69, 9.17) is 9.97 Å². The lowest BCUT2D eigenvalue weighted by molar-refractivity contribution is 0.482. The van der Waals surface area contributed by atoms with Gasteiger partial charge in [-0.1, -0.05) is 18.2 Å². The van der Waals surface area contributed by atoms with Gasteiger partial charge in [-0.05, 0) is 44.0 Å². The molecule has 0 amide bonds. The third kappa shape index (κ3) is 3.17. The lowest BCUT2D eigenvalue weighted by Gasteiger charge is -2.32. The van der Waals surface area contributed by atoms with Crippen LogP contribution < -0.4 is 15.5 Å². The largest absolute Gasteiger partial charge is 0.354 e. The number of benzene rings is 1. The minimum Gasteiger partial charge on any atom is -0.354 e. The van der Waals surface area contributed by atoms with Crippen LogP contribution in [0, 0.1) is 13.8 Å². The lowest BCUT2D eigenvalue weighted by Crippen LogP contribution is -2.49. The molecule has 3 aromatic heterocycles. The summed E-state index contributed by atoms with van der Waals surface area (Å²) in [5.74, 6) is 1.77. The van der Waals surface area contributed by atoms with Gasteiger partial charge in [0.25, 0.3) is 0 Å². The zero-order chi connectivity index (χ0) is 20.0. The van der Waals surface area contributed by atoms with Crippen molar-refractivity contribution in [1.29, 1.82) is 0 Å². The predicted octanol–water partition coefficient (Wildman–Crippen LogP) is 3.44. The van der Waals surface area contributed by atoms with Gasteiger partial charge < -0.3 is 15.5 Å². The summed E-state index contributed by atoms with van der Waals surface area (Å²) in [5, 5.41) is 7.01. The molecule has 1 atom stereocenters. The second-order valence-electron chi connectivity index (χ2n) is 7.81. The van der Waals surface area contributed by atoms with Gasteiger partial charge in [0.2, 0.25) is 0 Å². The second kappa shape index (κ2) is 7.00. The van der Waals surface area contributed by atoms with Crippen molar-refractivity contribution in [2.75, 3.05) is 29.9 Å². The molecule has 2 N–H and O–H groups in total. The maximum Gasteiger partial charge on any atom is 0.166 e. The van der Waals surface area contributed by atoms with Crippen molar-refractivity contribution >= 4 is 34.0 Å². The Bertz CT molecular complexity index is 1180. The number of fused-ring (bicyclic) bond motifs is 3.